The summed E-state index contributed by atoms with van der Waals surface area (Å²) in [6.45, 7) is 5.10. The first kappa shape index (κ1) is 18.0. The van der Waals surface area contributed by atoms with Crippen LogP contribution in [0.3, 0.4) is 0 Å². The fourth-order valence-electron chi connectivity index (χ4n) is 2.88. The molecule has 0 spiro atoms. The number of halogens is 1. The molecule has 28 heavy (non-hydrogen) atoms. The zero-order valence-corrected chi connectivity index (χ0v) is 15.9. The van der Waals surface area contributed by atoms with Crippen LogP contribution in [-0.2, 0) is 13.1 Å². The third-order valence-electron chi connectivity index (χ3n) is 4.28. The lowest BCUT2D eigenvalue weighted by molar-refractivity contribution is 0.922. The van der Waals surface area contributed by atoms with Crippen molar-refractivity contribution < 1.29 is 0 Å². The summed E-state index contributed by atoms with van der Waals surface area (Å²) in [6.07, 6.45) is 7.10. The van der Waals surface area contributed by atoms with E-state index in [1.165, 1.54) is 0 Å². The van der Waals surface area contributed by atoms with E-state index >= 15 is 0 Å². The van der Waals surface area contributed by atoms with Gasteiger partial charge in [0.2, 0.25) is 0 Å². The van der Waals surface area contributed by atoms with Gasteiger partial charge in [-0.2, -0.15) is 9.61 Å². The molecule has 3 heterocycles. The number of benzene rings is 1. The Balaban J connectivity index is 1.61. The van der Waals surface area contributed by atoms with Crippen LogP contribution in [0, 0.1) is 0 Å². The Kier molecular flexibility index (Phi) is 5.21. The molecule has 0 unspecified atom stereocenters. The van der Waals surface area contributed by atoms with E-state index in [0.29, 0.717) is 18.1 Å². The van der Waals surface area contributed by atoms with Gasteiger partial charge >= 0.3 is 0 Å². The second kappa shape index (κ2) is 8.10. The molecule has 3 aromatic heterocycles. The number of pyridine rings is 1. The first-order valence-electron chi connectivity index (χ1n) is 8.85. The second-order valence-electron chi connectivity index (χ2n) is 6.26. The fourth-order valence-corrected chi connectivity index (χ4v) is 3.09. The number of anilines is 2. The average Bonchev–Trinajstić information content (AvgIpc) is 3.14. The average molecular weight is 391 g/mol. The maximum absolute atomic E-state index is 6.07. The monoisotopic (exact) mass is 390 g/mol. The van der Waals surface area contributed by atoms with E-state index < -0.39 is 0 Å². The number of aromatic nitrogens is 4. The van der Waals surface area contributed by atoms with Gasteiger partial charge in [-0.3, -0.25) is 4.98 Å². The minimum atomic E-state index is 0.614. The van der Waals surface area contributed by atoms with E-state index in [2.05, 4.69) is 27.3 Å². The highest BCUT2D eigenvalue weighted by molar-refractivity contribution is 6.30. The summed E-state index contributed by atoms with van der Waals surface area (Å²) in [5.41, 5.74) is 3.77. The molecule has 0 saturated carbocycles. The summed E-state index contributed by atoms with van der Waals surface area (Å²) >= 11 is 6.07. The Bertz CT molecular complexity index is 1110. The molecule has 0 atom stereocenters. The van der Waals surface area contributed by atoms with Crippen LogP contribution in [-0.4, -0.2) is 19.6 Å². The van der Waals surface area contributed by atoms with Crippen LogP contribution >= 0.6 is 11.6 Å². The molecule has 0 aliphatic heterocycles. The Labute approximate surface area is 167 Å². The Morgan fingerprint density at radius 1 is 1.04 bits per heavy atom. The summed E-state index contributed by atoms with van der Waals surface area (Å²) in [4.78, 5) is 8.85. The maximum Gasteiger partial charge on any atom is 0.166 e. The standard InChI is InChI=1S/C21H19ClN6/c1-2-17-14-26-28-20(25-13-16-6-4-8-23-11-16)10-19(27-21(17)28)24-12-15-5-3-7-18(22)9-15/h2-11,14,25H,1,12-13H2,(H,24,27). The zero-order valence-electron chi connectivity index (χ0n) is 15.1. The van der Waals surface area contributed by atoms with Gasteiger partial charge < -0.3 is 10.6 Å². The molecule has 140 valence electrons. The highest BCUT2D eigenvalue weighted by Crippen LogP contribution is 2.21. The largest absolute Gasteiger partial charge is 0.366 e. The van der Waals surface area contributed by atoms with Crippen LogP contribution in [0.15, 0.2) is 67.6 Å². The van der Waals surface area contributed by atoms with Crippen molar-refractivity contribution in [2.75, 3.05) is 10.6 Å². The number of fused-ring (bicyclic) bond motifs is 1. The predicted molar refractivity (Wildman–Crippen MR) is 113 cm³/mol. The zero-order chi connectivity index (χ0) is 19.3. The third kappa shape index (κ3) is 3.97. The number of nitrogens with one attached hydrogen (secondary N) is 2. The molecule has 0 aliphatic carbocycles. The molecule has 0 aliphatic rings. The molecule has 1 aromatic carbocycles. The van der Waals surface area contributed by atoms with E-state index in [9.17, 15) is 0 Å². The van der Waals surface area contributed by atoms with Crippen molar-refractivity contribution in [2.45, 2.75) is 13.1 Å². The summed E-state index contributed by atoms with van der Waals surface area (Å²) in [5.74, 6) is 1.57. The first-order chi connectivity index (χ1) is 13.7. The molecule has 0 saturated heterocycles. The molecule has 0 bridgehead atoms. The second-order valence-corrected chi connectivity index (χ2v) is 6.70. The van der Waals surface area contributed by atoms with Crippen molar-refractivity contribution >= 4 is 35.0 Å². The van der Waals surface area contributed by atoms with Crippen LogP contribution in [0.2, 0.25) is 5.02 Å². The van der Waals surface area contributed by atoms with Gasteiger partial charge in [0.05, 0.1) is 6.20 Å². The van der Waals surface area contributed by atoms with E-state index in [1.54, 1.807) is 23.0 Å². The van der Waals surface area contributed by atoms with Crippen molar-refractivity contribution in [3.63, 3.8) is 0 Å². The molecule has 4 aromatic rings. The number of hydrogen-bond donors (Lipinski definition) is 2. The number of rotatable bonds is 7. The molecule has 4 rings (SSSR count). The van der Waals surface area contributed by atoms with Crippen LogP contribution < -0.4 is 10.6 Å². The van der Waals surface area contributed by atoms with E-state index in [0.717, 1.165) is 34.0 Å². The summed E-state index contributed by atoms with van der Waals surface area (Å²) in [6, 6.07) is 13.6. The summed E-state index contributed by atoms with van der Waals surface area (Å²) in [5, 5.41) is 11.9. The lowest BCUT2D eigenvalue weighted by Gasteiger charge is -2.12. The van der Waals surface area contributed by atoms with E-state index in [4.69, 9.17) is 16.6 Å². The van der Waals surface area contributed by atoms with Gasteiger partial charge in [-0.15, -0.1) is 0 Å². The van der Waals surface area contributed by atoms with Gasteiger partial charge in [-0.05, 0) is 29.3 Å². The quantitative estimate of drug-likeness (QED) is 0.481. The Morgan fingerprint density at radius 2 is 1.89 bits per heavy atom. The molecule has 0 radical (unpaired) electrons. The maximum atomic E-state index is 6.07. The van der Waals surface area contributed by atoms with Gasteiger partial charge in [-0.1, -0.05) is 42.5 Å². The van der Waals surface area contributed by atoms with Crippen molar-refractivity contribution in [3.05, 3.63) is 89.3 Å². The highest BCUT2D eigenvalue weighted by Gasteiger charge is 2.10. The molecule has 7 heteroatoms. The first-order valence-corrected chi connectivity index (χ1v) is 9.23. The van der Waals surface area contributed by atoms with Crippen LogP contribution in [0.25, 0.3) is 11.7 Å². The molecule has 0 amide bonds. The Hall–Kier alpha value is -3.38. The van der Waals surface area contributed by atoms with E-state index in [1.807, 2.05) is 48.7 Å². The molecular weight excluding hydrogens is 372 g/mol. The predicted octanol–water partition coefficient (Wildman–Crippen LogP) is 4.64. The van der Waals surface area contributed by atoms with Crippen molar-refractivity contribution in [2.24, 2.45) is 0 Å². The number of nitrogens with zero attached hydrogens (tertiary/aromatic N) is 4. The van der Waals surface area contributed by atoms with E-state index in [-0.39, 0.29) is 0 Å². The Morgan fingerprint density at radius 3 is 2.68 bits per heavy atom. The summed E-state index contributed by atoms with van der Waals surface area (Å²) in [7, 11) is 0. The molecule has 2 N–H and O–H groups in total. The highest BCUT2D eigenvalue weighted by atomic mass is 35.5. The van der Waals surface area contributed by atoms with Crippen LogP contribution in [0.1, 0.15) is 16.7 Å². The lowest BCUT2D eigenvalue weighted by atomic mass is 10.2. The normalized spacial score (nSPS) is 10.8. The van der Waals surface area contributed by atoms with Gasteiger partial charge in [0.25, 0.3) is 0 Å². The number of hydrogen-bond acceptors (Lipinski definition) is 5. The van der Waals surface area contributed by atoms with Crippen LogP contribution in [0.4, 0.5) is 11.6 Å². The lowest BCUT2D eigenvalue weighted by Crippen LogP contribution is -2.09. The fraction of sp³-hybridized carbons (Fsp3) is 0.0952. The van der Waals surface area contributed by atoms with Crippen molar-refractivity contribution in [1.82, 2.24) is 19.6 Å². The molecular formula is C21H19ClN6. The third-order valence-corrected chi connectivity index (χ3v) is 4.51. The minimum absolute atomic E-state index is 0.614. The van der Waals surface area contributed by atoms with Crippen LogP contribution in [0.5, 0.6) is 0 Å². The molecule has 0 fully saturated rings. The topological polar surface area (TPSA) is 67.1 Å². The SMILES string of the molecule is C=Cc1cnn2c(NCc3cccnc3)cc(NCc3cccc(Cl)c3)nc12. The smallest absolute Gasteiger partial charge is 0.166 e. The van der Waals surface area contributed by atoms with Gasteiger partial charge in [0.15, 0.2) is 5.65 Å². The van der Waals surface area contributed by atoms with Gasteiger partial charge in [0.1, 0.15) is 11.6 Å². The van der Waals surface area contributed by atoms with Crippen molar-refractivity contribution in [1.29, 1.82) is 0 Å². The van der Waals surface area contributed by atoms with Crippen molar-refractivity contribution in [3.8, 4) is 0 Å². The summed E-state index contributed by atoms with van der Waals surface area (Å²) < 4.78 is 1.78. The van der Waals surface area contributed by atoms with Gasteiger partial charge in [-0.25, -0.2) is 4.98 Å². The van der Waals surface area contributed by atoms with Gasteiger partial charge in [0, 0.05) is 42.1 Å². The molecule has 6 nitrogen and oxygen atoms in total. The minimum Gasteiger partial charge on any atom is -0.366 e.